The average Bonchev–Trinajstić information content (AvgIpc) is 2.60. The highest BCUT2D eigenvalue weighted by Crippen LogP contribution is 2.27. The normalized spacial score (nSPS) is 12.0. The molecule has 3 aromatic carbocycles. The van der Waals surface area contributed by atoms with E-state index in [0.717, 1.165) is 21.9 Å². The molecular weight excluding hydrogens is 338 g/mol. The van der Waals surface area contributed by atoms with Gasteiger partial charge in [-0.3, -0.25) is 0 Å². The number of aryl methyl sites for hydroxylation is 1. The van der Waals surface area contributed by atoms with Crippen molar-refractivity contribution in [3.8, 4) is 0 Å². The van der Waals surface area contributed by atoms with Gasteiger partial charge in [-0.15, -0.1) is 3.71 Å². The lowest BCUT2D eigenvalue weighted by atomic mass is 10.1. The van der Waals surface area contributed by atoms with Crippen molar-refractivity contribution in [2.45, 2.75) is 18.4 Å². The fourth-order valence-corrected chi connectivity index (χ4v) is 4.98. The van der Waals surface area contributed by atoms with Crippen LogP contribution in [0.4, 0.5) is 0 Å². The Bertz CT molecular complexity index is 945. The summed E-state index contributed by atoms with van der Waals surface area (Å²) in [5.74, 6) is 0. The van der Waals surface area contributed by atoms with Crippen LogP contribution in [0.25, 0.3) is 10.8 Å². The Morgan fingerprint density at radius 2 is 1.58 bits per heavy atom. The number of fused-ring (bicyclic) bond motifs is 1. The van der Waals surface area contributed by atoms with Gasteiger partial charge in [0.05, 0.1) is 11.4 Å². The SMILES string of the molecule is CSN(Cc1cccc2ccccc12)S(=O)(=O)c1ccc(C)cc1. The molecule has 0 heterocycles. The first-order valence-corrected chi connectivity index (χ1v) is 10.2. The molecule has 3 nitrogen and oxygen atoms in total. The minimum atomic E-state index is -3.54. The standard InChI is InChI=1S/C19H19NO2S2/c1-15-10-12-18(13-11-15)24(21,22)20(23-2)14-17-8-5-7-16-6-3-4-9-19(16)17/h3-13H,14H2,1-2H3. The van der Waals surface area contributed by atoms with Gasteiger partial charge in [-0.05, 0) is 41.6 Å². The number of hydrogen-bond donors (Lipinski definition) is 0. The topological polar surface area (TPSA) is 37.4 Å². The van der Waals surface area contributed by atoms with Crippen molar-refractivity contribution < 1.29 is 8.42 Å². The molecule has 0 fully saturated rings. The Labute approximate surface area is 147 Å². The summed E-state index contributed by atoms with van der Waals surface area (Å²) >= 11 is 1.22. The van der Waals surface area contributed by atoms with Crippen molar-refractivity contribution in [2.75, 3.05) is 6.26 Å². The predicted molar refractivity (Wildman–Crippen MR) is 101 cm³/mol. The minimum absolute atomic E-state index is 0.322. The third-order valence-corrected chi connectivity index (χ3v) is 7.08. The van der Waals surface area contributed by atoms with Crippen molar-refractivity contribution in [3.63, 3.8) is 0 Å². The summed E-state index contributed by atoms with van der Waals surface area (Å²) in [7, 11) is -3.54. The van der Waals surface area contributed by atoms with Gasteiger partial charge in [0.1, 0.15) is 0 Å². The molecule has 0 saturated carbocycles. The molecule has 0 amide bonds. The van der Waals surface area contributed by atoms with Gasteiger partial charge in [-0.25, -0.2) is 8.42 Å². The highest BCUT2D eigenvalue weighted by molar-refractivity contribution is 8.08. The molecule has 0 bridgehead atoms. The molecule has 0 aliphatic heterocycles. The molecule has 0 saturated heterocycles. The molecule has 3 aromatic rings. The zero-order chi connectivity index (χ0) is 17.2. The van der Waals surface area contributed by atoms with Crippen LogP contribution in [0.1, 0.15) is 11.1 Å². The molecule has 0 N–H and O–H groups in total. The van der Waals surface area contributed by atoms with E-state index in [1.165, 1.54) is 15.7 Å². The first-order valence-electron chi connectivity index (χ1n) is 7.62. The Kier molecular flexibility index (Phi) is 4.94. The number of nitrogens with zero attached hydrogens (tertiary/aromatic N) is 1. The average molecular weight is 358 g/mol. The van der Waals surface area contributed by atoms with Crippen LogP contribution in [0.3, 0.4) is 0 Å². The molecule has 0 spiro atoms. The van der Waals surface area contributed by atoms with Crippen molar-refractivity contribution >= 4 is 32.7 Å². The summed E-state index contributed by atoms with van der Waals surface area (Å²) < 4.78 is 27.3. The first kappa shape index (κ1) is 17.0. The summed E-state index contributed by atoms with van der Waals surface area (Å²) in [6, 6.07) is 21.0. The van der Waals surface area contributed by atoms with Crippen LogP contribution in [0.5, 0.6) is 0 Å². The quantitative estimate of drug-likeness (QED) is 0.626. The van der Waals surface area contributed by atoms with Gasteiger partial charge < -0.3 is 0 Å². The largest absolute Gasteiger partial charge is 0.252 e. The van der Waals surface area contributed by atoms with Gasteiger partial charge in [-0.2, -0.15) is 0 Å². The number of sulfonamides is 1. The lowest BCUT2D eigenvalue weighted by Crippen LogP contribution is -2.24. The second kappa shape index (κ2) is 6.97. The van der Waals surface area contributed by atoms with E-state index < -0.39 is 10.0 Å². The zero-order valence-electron chi connectivity index (χ0n) is 13.6. The summed E-state index contributed by atoms with van der Waals surface area (Å²) in [4.78, 5) is 0.322. The van der Waals surface area contributed by atoms with Crippen LogP contribution in [0.15, 0.2) is 71.6 Å². The maximum Gasteiger partial charge on any atom is 0.252 e. The molecular formula is C19H19NO2S2. The second-order valence-electron chi connectivity index (χ2n) is 5.60. The van der Waals surface area contributed by atoms with E-state index >= 15 is 0 Å². The summed E-state index contributed by atoms with van der Waals surface area (Å²) in [6.07, 6.45) is 1.79. The Balaban J connectivity index is 1.98. The van der Waals surface area contributed by atoms with Gasteiger partial charge in [-0.1, -0.05) is 72.1 Å². The first-order chi connectivity index (χ1) is 11.5. The Morgan fingerprint density at radius 1 is 0.917 bits per heavy atom. The highest BCUT2D eigenvalue weighted by Gasteiger charge is 2.24. The molecule has 0 radical (unpaired) electrons. The van der Waals surface area contributed by atoms with E-state index in [4.69, 9.17) is 0 Å². The van der Waals surface area contributed by atoms with Gasteiger partial charge in [0.25, 0.3) is 10.0 Å². The molecule has 3 rings (SSSR count). The molecule has 0 aromatic heterocycles. The van der Waals surface area contributed by atoms with Crippen molar-refractivity contribution in [2.24, 2.45) is 0 Å². The van der Waals surface area contributed by atoms with Crippen molar-refractivity contribution in [1.29, 1.82) is 0 Å². The van der Waals surface area contributed by atoms with Crippen molar-refractivity contribution in [3.05, 3.63) is 77.9 Å². The highest BCUT2D eigenvalue weighted by atomic mass is 32.3. The lowest BCUT2D eigenvalue weighted by Gasteiger charge is -2.20. The summed E-state index contributed by atoms with van der Waals surface area (Å²) in [5.41, 5.74) is 2.04. The monoisotopic (exact) mass is 357 g/mol. The summed E-state index contributed by atoms with van der Waals surface area (Å²) in [5, 5.41) is 2.20. The van der Waals surface area contributed by atoms with Crippen LogP contribution < -0.4 is 0 Å². The number of benzene rings is 3. The van der Waals surface area contributed by atoms with E-state index in [0.29, 0.717) is 11.4 Å². The fourth-order valence-electron chi connectivity index (χ4n) is 2.64. The second-order valence-corrected chi connectivity index (χ2v) is 8.50. The van der Waals surface area contributed by atoms with E-state index in [-0.39, 0.29) is 0 Å². The van der Waals surface area contributed by atoms with E-state index in [9.17, 15) is 8.42 Å². The van der Waals surface area contributed by atoms with E-state index in [2.05, 4.69) is 0 Å². The van der Waals surface area contributed by atoms with Crippen LogP contribution >= 0.6 is 11.9 Å². The smallest absolute Gasteiger partial charge is 0.206 e. The van der Waals surface area contributed by atoms with Crippen molar-refractivity contribution in [1.82, 2.24) is 3.71 Å². The predicted octanol–water partition coefficient (Wildman–Crippen LogP) is 4.62. The van der Waals surface area contributed by atoms with Gasteiger partial charge in [0.15, 0.2) is 0 Å². The molecule has 124 valence electrons. The fraction of sp³-hybridized carbons (Fsp3) is 0.158. The minimum Gasteiger partial charge on any atom is -0.206 e. The zero-order valence-corrected chi connectivity index (χ0v) is 15.3. The Morgan fingerprint density at radius 3 is 2.29 bits per heavy atom. The molecule has 0 atom stereocenters. The van der Waals surface area contributed by atoms with Crippen LogP contribution in [0, 0.1) is 6.92 Å². The third kappa shape index (κ3) is 3.34. The maximum atomic E-state index is 12.9. The summed E-state index contributed by atoms with van der Waals surface area (Å²) in [6.45, 7) is 2.28. The molecule has 24 heavy (non-hydrogen) atoms. The van der Waals surface area contributed by atoms with Gasteiger partial charge >= 0.3 is 0 Å². The van der Waals surface area contributed by atoms with E-state index in [1.807, 2.05) is 61.5 Å². The van der Waals surface area contributed by atoms with Crippen LogP contribution in [0.2, 0.25) is 0 Å². The molecule has 0 aliphatic rings. The van der Waals surface area contributed by atoms with Gasteiger partial charge in [0.2, 0.25) is 0 Å². The number of hydrogen-bond acceptors (Lipinski definition) is 3. The molecule has 0 unspecified atom stereocenters. The van der Waals surface area contributed by atoms with Crippen LogP contribution in [-0.4, -0.2) is 18.4 Å². The molecule has 0 aliphatic carbocycles. The molecule has 5 heteroatoms. The van der Waals surface area contributed by atoms with Crippen LogP contribution in [-0.2, 0) is 16.6 Å². The Hall–Kier alpha value is -1.82. The maximum absolute atomic E-state index is 12.9. The third-order valence-electron chi connectivity index (χ3n) is 3.97. The number of rotatable bonds is 5. The van der Waals surface area contributed by atoms with E-state index in [1.54, 1.807) is 18.4 Å². The lowest BCUT2D eigenvalue weighted by molar-refractivity contribution is 0.541. The van der Waals surface area contributed by atoms with Gasteiger partial charge in [0, 0.05) is 0 Å².